The fourth-order valence-corrected chi connectivity index (χ4v) is 5.57. The summed E-state index contributed by atoms with van der Waals surface area (Å²) in [5, 5.41) is 14.5. The molecule has 0 amide bonds. The highest BCUT2D eigenvalue weighted by molar-refractivity contribution is 5.74. The largest absolute Gasteiger partial charge is 0.481 e. The van der Waals surface area contributed by atoms with Crippen molar-refractivity contribution in [3.05, 3.63) is 58.4 Å². The van der Waals surface area contributed by atoms with Crippen molar-refractivity contribution in [2.24, 2.45) is 0 Å². The summed E-state index contributed by atoms with van der Waals surface area (Å²) < 4.78 is 14.3. The van der Waals surface area contributed by atoms with Crippen LogP contribution in [0.25, 0.3) is 5.65 Å². The van der Waals surface area contributed by atoms with Crippen molar-refractivity contribution in [1.29, 1.82) is 0 Å². The molecule has 198 valence electrons. The van der Waals surface area contributed by atoms with E-state index in [-0.39, 0.29) is 12.0 Å². The van der Waals surface area contributed by atoms with Gasteiger partial charge in [-0.3, -0.25) is 4.79 Å². The molecule has 3 aliphatic rings. The molecule has 3 aromatic rings. The van der Waals surface area contributed by atoms with Crippen molar-refractivity contribution < 1.29 is 19.4 Å². The maximum Gasteiger partial charge on any atom is 0.308 e. The molecule has 8 heteroatoms. The van der Waals surface area contributed by atoms with Gasteiger partial charge in [0.05, 0.1) is 30.9 Å². The standard InChI is InChI=1S/C29H38N4O4/c1-21-25(18-27(34)35)28-32-14-12-29(2,13-15-32)37-16-8-4-3-5-9-22-10-6-7-11-23(22)19-36-20-24-17-26(30-21)33(28)31-24/h6-7,10-11,17H,3-5,8-9,12-16,18-20H2,1-2H3,(H,34,35). The van der Waals surface area contributed by atoms with Gasteiger partial charge in [0, 0.05) is 37.0 Å². The van der Waals surface area contributed by atoms with Gasteiger partial charge in [0.1, 0.15) is 5.82 Å². The number of benzene rings is 1. The number of fused-ring (bicyclic) bond motifs is 10. The Morgan fingerprint density at radius 3 is 2.62 bits per heavy atom. The molecule has 3 aliphatic heterocycles. The van der Waals surface area contributed by atoms with Gasteiger partial charge in [0.2, 0.25) is 0 Å². The summed E-state index contributed by atoms with van der Waals surface area (Å²) in [6.07, 6.45) is 7.36. The van der Waals surface area contributed by atoms with Crippen molar-refractivity contribution in [1.82, 2.24) is 14.6 Å². The molecule has 37 heavy (non-hydrogen) atoms. The van der Waals surface area contributed by atoms with Crippen LogP contribution in [0.5, 0.6) is 0 Å². The molecule has 1 aromatic carbocycles. The zero-order chi connectivity index (χ0) is 25.8. The second kappa shape index (κ2) is 11.2. The average molecular weight is 507 g/mol. The number of hydrogen-bond acceptors (Lipinski definition) is 6. The van der Waals surface area contributed by atoms with Crippen molar-refractivity contribution >= 4 is 17.4 Å². The molecule has 5 heterocycles. The number of carboxylic acids is 1. The molecule has 2 aromatic heterocycles. The zero-order valence-corrected chi connectivity index (χ0v) is 22.0. The van der Waals surface area contributed by atoms with Crippen molar-refractivity contribution in [2.75, 3.05) is 24.6 Å². The normalized spacial score (nSPS) is 19.1. The predicted octanol–water partition coefficient (Wildman–Crippen LogP) is 4.87. The van der Waals surface area contributed by atoms with E-state index in [9.17, 15) is 9.90 Å². The lowest BCUT2D eigenvalue weighted by molar-refractivity contribution is -0.136. The van der Waals surface area contributed by atoms with Gasteiger partial charge in [0.15, 0.2) is 5.65 Å². The summed E-state index contributed by atoms with van der Waals surface area (Å²) in [6, 6.07) is 10.5. The van der Waals surface area contributed by atoms with E-state index in [2.05, 4.69) is 36.1 Å². The van der Waals surface area contributed by atoms with E-state index in [0.29, 0.717) is 13.2 Å². The lowest BCUT2D eigenvalue weighted by Crippen LogP contribution is -2.45. The molecule has 0 atom stereocenters. The van der Waals surface area contributed by atoms with Crippen LogP contribution in [-0.2, 0) is 40.3 Å². The molecule has 1 N–H and O–H groups in total. The van der Waals surface area contributed by atoms with Crippen molar-refractivity contribution in [2.45, 2.75) is 84.0 Å². The van der Waals surface area contributed by atoms with Crippen molar-refractivity contribution in [3.8, 4) is 0 Å². The first-order chi connectivity index (χ1) is 17.9. The Hall–Kier alpha value is -2.97. The Morgan fingerprint density at radius 1 is 1.08 bits per heavy atom. The van der Waals surface area contributed by atoms with E-state index in [4.69, 9.17) is 19.6 Å². The molecule has 1 saturated heterocycles. The highest BCUT2D eigenvalue weighted by Gasteiger charge is 2.33. The minimum Gasteiger partial charge on any atom is -0.481 e. The monoisotopic (exact) mass is 506 g/mol. The van der Waals surface area contributed by atoms with E-state index in [0.717, 1.165) is 73.8 Å². The van der Waals surface area contributed by atoms with Gasteiger partial charge in [-0.2, -0.15) is 9.61 Å². The van der Waals surface area contributed by atoms with E-state index < -0.39 is 5.97 Å². The van der Waals surface area contributed by atoms with Gasteiger partial charge in [0.25, 0.3) is 0 Å². The van der Waals surface area contributed by atoms with Crippen LogP contribution < -0.4 is 4.90 Å². The molecule has 6 rings (SSSR count). The summed E-state index contributed by atoms with van der Waals surface area (Å²) in [5.41, 5.74) is 5.37. The van der Waals surface area contributed by atoms with Crippen LogP contribution in [0.1, 0.15) is 73.5 Å². The molecular formula is C29H38N4O4. The molecule has 4 bridgehead atoms. The lowest BCUT2D eigenvalue weighted by Gasteiger charge is -2.41. The van der Waals surface area contributed by atoms with E-state index in [1.165, 1.54) is 30.4 Å². The molecule has 0 saturated carbocycles. The number of nitrogens with zero attached hydrogens (tertiary/aromatic N) is 4. The topological polar surface area (TPSA) is 89.2 Å². The van der Waals surface area contributed by atoms with Crippen molar-refractivity contribution in [3.63, 3.8) is 0 Å². The van der Waals surface area contributed by atoms with Gasteiger partial charge >= 0.3 is 5.97 Å². The number of aryl methyl sites for hydroxylation is 2. The third-order valence-corrected chi connectivity index (χ3v) is 7.80. The first-order valence-electron chi connectivity index (χ1n) is 13.6. The Labute approximate surface area is 218 Å². The van der Waals surface area contributed by atoms with Gasteiger partial charge in [-0.1, -0.05) is 37.1 Å². The lowest BCUT2D eigenvalue weighted by atomic mass is 9.92. The number of carbonyl (C=O) groups is 1. The Balaban J connectivity index is 1.48. The Kier molecular flexibility index (Phi) is 7.76. The summed E-state index contributed by atoms with van der Waals surface area (Å²) in [6.45, 7) is 7.35. The van der Waals surface area contributed by atoms with Gasteiger partial charge in [-0.25, -0.2) is 4.98 Å². The van der Waals surface area contributed by atoms with E-state index in [1.54, 1.807) is 0 Å². The predicted molar refractivity (Wildman–Crippen MR) is 142 cm³/mol. The average Bonchev–Trinajstić information content (AvgIpc) is 3.27. The van der Waals surface area contributed by atoms with Crippen LogP contribution in [0.4, 0.5) is 5.82 Å². The fourth-order valence-electron chi connectivity index (χ4n) is 5.57. The highest BCUT2D eigenvalue weighted by Crippen LogP contribution is 2.33. The van der Waals surface area contributed by atoms with Crippen LogP contribution in [0.3, 0.4) is 0 Å². The molecule has 8 nitrogen and oxygen atoms in total. The highest BCUT2D eigenvalue weighted by atomic mass is 16.5. The second-order valence-corrected chi connectivity index (χ2v) is 10.7. The second-order valence-electron chi connectivity index (χ2n) is 10.7. The summed E-state index contributed by atoms with van der Waals surface area (Å²) in [4.78, 5) is 18.7. The summed E-state index contributed by atoms with van der Waals surface area (Å²) in [7, 11) is 0. The smallest absolute Gasteiger partial charge is 0.308 e. The van der Waals surface area contributed by atoms with E-state index >= 15 is 0 Å². The molecule has 0 radical (unpaired) electrons. The first-order valence-corrected chi connectivity index (χ1v) is 13.6. The Bertz CT molecular complexity index is 1250. The summed E-state index contributed by atoms with van der Waals surface area (Å²) in [5.74, 6) is -0.0375. The number of piperidine rings is 1. The van der Waals surface area contributed by atoms with Crippen LogP contribution in [-0.4, -0.2) is 51.0 Å². The maximum absolute atomic E-state index is 11.8. The number of anilines is 1. The summed E-state index contributed by atoms with van der Waals surface area (Å²) >= 11 is 0. The van der Waals surface area contributed by atoms with Crippen LogP contribution in [0.15, 0.2) is 30.3 Å². The fraction of sp³-hybridized carbons (Fsp3) is 0.552. The minimum absolute atomic E-state index is 0.0865. The molecule has 0 unspecified atom stereocenters. The van der Waals surface area contributed by atoms with Gasteiger partial charge in [-0.05, 0) is 57.1 Å². The maximum atomic E-state index is 11.8. The number of aliphatic carboxylic acids is 1. The number of ether oxygens (including phenoxy) is 2. The third kappa shape index (κ3) is 5.96. The van der Waals surface area contributed by atoms with E-state index in [1.807, 2.05) is 17.5 Å². The SMILES string of the molecule is Cc1nc2cc3nn2c(c1CC(=O)O)N1CCC(C)(CC1)OCCCCCCc1ccccc1COC3. The molecule has 0 spiro atoms. The van der Waals surface area contributed by atoms with Gasteiger partial charge in [-0.15, -0.1) is 0 Å². The van der Waals surface area contributed by atoms with Crippen LogP contribution in [0.2, 0.25) is 0 Å². The quantitative estimate of drug-likeness (QED) is 0.530. The first kappa shape index (κ1) is 25.7. The molecular weight excluding hydrogens is 468 g/mol. The zero-order valence-electron chi connectivity index (χ0n) is 22.0. The number of hydrogen-bond donors (Lipinski definition) is 1. The third-order valence-electron chi connectivity index (χ3n) is 7.80. The number of aromatic nitrogens is 3. The molecule has 1 fully saturated rings. The molecule has 0 aliphatic carbocycles. The number of carboxylic acid groups (broad SMARTS) is 1. The van der Waals surface area contributed by atoms with Crippen LogP contribution >= 0.6 is 0 Å². The number of rotatable bonds is 2. The van der Waals surface area contributed by atoms with Crippen LogP contribution in [0, 0.1) is 6.92 Å². The Morgan fingerprint density at radius 2 is 1.84 bits per heavy atom. The van der Waals surface area contributed by atoms with Gasteiger partial charge < -0.3 is 19.5 Å². The minimum atomic E-state index is -0.869.